The van der Waals surface area contributed by atoms with E-state index in [1.165, 1.54) is 56.0 Å². The van der Waals surface area contributed by atoms with Gasteiger partial charge >= 0.3 is 0 Å². The van der Waals surface area contributed by atoms with E-state index in [1.807, 2.05) is 0 Å². The smallest absolute Gasteiger partial charge is 0.137 e. The number of nitrogens with zero attached hydrogens (tertiary/aromatic N) is 1. The Morgan fingerprint density at radius 2 is 1.34 bits per heavy atom. The molecule has 2 heterocycles. The second kappa shape index (κ2) is 8.49. The average molecular weight is 490 g/mol. The maximum Gasteiger partial charge on any atom is 0.137 e. The minimum absolute atomic E-state index is 0.0276. The van der Waals surface area contributed by atoms with Crippen LogP contribution in [-0.2, 0) is 6.42 Å². The Labute approximate surface area is 223 Å². The van der Waals surface area contributed by atoms with Crippen LogP contribution in [0.2, 0.25) is 0 Å². The number of fused-ring (bicyclic) bond motifs is 7. The second-order valence-corrected chi connectivity index (χ2v) is 10.4. The van der Waals surface area contributed by atoms with Crippen molar-refractivity contribution in [2.45, 2.75) is 24.9 Å². The molecule has 2 heteroatoms. The Morgan fingerprint density at radius 1 is 0.658 bits per heavy atom. The fraction of sp³-hybridized carbons (Fsp3) is 0.111. The second-order valence-electron chi connectivity index (χ2n) is 10.4. The molecule has 3 aliphatic rings. The van der Waals surface area contributed by atoms with Crippen molar-refractivity contribution in [1.29, 1.82) is 0 Å². The molecule has 2 aliphatic carbocycles. The number of rotatable bonds is 3. The summed E-state index contributed by atoms with van der Waals surface area (Å²) in [5.41, 5.74) is 12.7. The SMILES string of the molecule is C1=Cc2c(c3c(n2-c2cc(-c4ccccc4)cc(-c4ccccc4)c2)C=CC2c4ccccc4OC32)CC1. The van der Waals surface area contributed by atoms with Gasteiger partial charge in [-0.05, 0) is 77.1 Å². The summed E-state index contributed by atoms with van der Waals surface area (Å²) in [7, 11) is 0. The van der Waals surface area contributed by atoms with E-state index in [0.29, 0.717) is 0 Å². The molecule has 2 unspecified atom stereocenters. The number of hydrogen-bond donors (Lipinski definition) is 0. The van der Waals surface area contributed by atoms with E-state index in [0.717, 1.165) is 18.6 Å². The van der Waals surface area contributed by atoms with E-state index < -0.39 is 0 Å². The minimum atomic E-state index is 0.0276. The number of benzene rings is 4. The molecule has 5 aromatic rings. The molecule has 8 rings (SSSR count). The molecule has 0 N–H and O–H groups in total. The van der Waals surface area contributed by atoms with Crippen LogP contribution in [0.3, 0.4) is 0 Å². The lowest BCUT2D eigenvalue weighted by molar-refractivity contribution is 0.222. The molecule has 0 fully saturated rings. The molecule has 38 heavy (non-hydrogen) atoms. The van der Waals surface area contributed by atoms with Gasteiger partial charge in [-0.25, -0.2) is 0 Å². The van der Waals surface area contributed by atoms with E-state index in [4.69, 9.17) is 4.74 Å². The molecule has 1 aliphatic heterocycles. The van der Waals surface area contributed by atoms with Gasteiger partial charge in [-0.3, -0.25) is 0 Å². The van der Waals surface area contributed by atoms with Gasteiger partial charge in [0.2, 0.25) is 0 Å². The van der Waals surface area contributed by atoms with Gasteiger partial charge in [-0.1, -0.05) is 91.0 Å². The van der Waals surface area contributed by atoms with Crippen molar-refractivity contribution < 1.29 is 4.74 Å². The highest BCUT2D eigenvalue weighted by atomic mass is 16.5. The molecule has 4 aromatic carbocycles. The summed E-state index contributed by atoms with van der Waals surface area (Å²) in [6.07, 6.45) is 11.5. The Hall–Kier alpha value is -4.56. The zero-order chi connectivity index (χ0) is 25.1. The molecule has 0 amide bonds. The summed E-state index contributed by atoms with van der Waals surface area (Å²) in [5.74, 6) is 1.28. The monoisotopic (exact) mass is 489 g/mol. The first-order chi connectivity index (χ1) is 18.8. The summed E-state index contributed by atoms with van der Waals surface area (Å²) in [6.45, 7) is 0. The molecule has 2 nitrogen and oxygen atoms in total. The number of allylic oxidation sites excluding steroid dienone is 1. The molecule has 0 saturated heterocycles. The lowest BCUT2D eigenvalue weighted by Crippen LogP contribution is -2.14. The maximum absolute atomic E-state index is 6.65. The fourth-order valence-electron chi connectivity index (χ4n) is 6.51. The molecule has 1 aromatic heterocycles. The van der Waals surface area contributed by atoms with Gasteiger partial charge in [0.05, 0.1) is 5.69 Å². The molecule has 0 saturated carbocycles. The van der Waals surface area contributed by atoms with Crippen LogP contribution in [0.15, 0.2) is 115 Å². The van der Waals surface area contributed by atoms with Gasteiger partial charge < -0.3 is 9.30 Å². The van der Waals surface area contributed by atoms with Crippen LogP contribution in [0, 0.1) is 0 Å². The first-order valence-corrected chi connectivity index (χ1v) is 13.5. The Kier molecular flexibility index (Phi) is 4.81. The molecule has 0 spiro atoms. The van der Waals surface area contributed by atoms with Crippen molar-refractivity contribution in [1.82, 2.24) is 4.57 Å². The number of para-hydroxylation sites is 1. The van der Waals surface area contributed by atoms with Gasteiger partial charge in [0.25, 0.3) is 0 Å². The Balaban J connectivity index is 1.37. The standard InChI is InChI=1S/C36H27NO/c1-3-11-24(12-4-1)26-21-27(25-13-5-2-6-14-25)23-28(22-26)37-32-17-9-7-16-31(32)35-33(37)20-19-30-29-15-8-10-18-34(29)38-36(30)35/h1-6,8-15,17-23,30,36H,7,16H2. The van der Waals surface area contributed by atoms with Crippen LogP contribution in [0.4, 0.5) is 0 Å². The molecular weight excluding hydrogens is 462 g/mol. The van der Waals surface area contributed by atoms with E-state index in [-0.39, 0.29) is 12.0 Å². The van der Waals surface area contributed by atoms with Crippen LogP contribution in [0.1, 0.15) is 46.5 Å². The van der Waals surface area contributed by atoms with Crippen molar-refractivity contribution >= 4 is 12.2 Å². The first-order valence-electron chi connectivity index (χ1n) is 13.5. The van der Waals surface area contributed by atoms with E-state index in [9.17, 15) is 0 Å². The molecular formula is C36H27NO. The third kappa shape index (κ3) is 3.27. The average Bonchev–Trinajstić information content (AvgIpc) is 3.53. The highest BCUT2D eigenvalue weighted by Crippen LogP contribution is 2.53. The lowest BCUT2D eigenvalue weighted by atomic mass is 9.84. The van der Waals surface area contributed by atoms with Crippen molar-refractivity contribution in [2.75, 3.05) is 0 Å². The van der Waals surface area contributed by atoms with Crippen molar-refractivity contribution in [2.24, 2.45) is 0 Å². The van der Waals surface area contributed by atoms with Crippen molar-refractivity contribution in [3.8, 4) is 33.7 Å². The summed E-state index contributed by atoms with van der Waals surface area (Å²) in [5, 5.41) is 0. The third-order valence-electron chi connectivity index (χ3n) is 8.22. The van der Waals surface area contributed by atoms with Gasteiger partial charge in [0, 0.05) is 28.4 Å². The predicted molar refractivity (Wildman–Crippen MR) is 156 cm³/mol. The summed E-state index contributed by atoms with van der Waals surface area (Å²) >= 11 is 0. The highest BCUT2D eigenvalue weighted by Gasteiger charge is 2.41. The molecule has 0 radical (unpaired) electrons. The van der Waals surface area contributed by atoms with E-state index in [2.05, 4.69) is 132 Å². The van der Waals surface area contributed by atoms with Crippen molar-refractivity contribution in [3.63, 3.8) is 0 Å². The van der Waals surface area contributed by atoms with Crippen LogP contribution < -0.4 is 4.74 Å². The largest absolute Gasteiger partial charge is 0.484 e. The van der Waals surface area contributed by atoms with E-state index in [1.54, 1.807) is 0 Å². The van der Waals surface area contributed by atoms with Crippen molar-refractivity contribution in [3.05, 3.63) is 143 Å². The maximum atomic E-state index is 6.65. The summed E-state index contributed by atoms with van der Waals surface area (Å²) in [6, 6.07) is 36.9. The lowest BCUT2D eigenvalue weighted by Gasteiger charge is -2.23. The number of aromatic nitrogens is 1. The zero-order valence-corrected chi connectivity index (χ0v) is 21.0. The summed E-state index contributed by atoms with van der Waals surface area (Å²) in [4.78, 5) is 0. The van der Waals surface area contributed by atoms with E-state index >= 15 is 0 Å². The normalized spacial score (nSPS) is 18.3. The van der Waals surface area contributed by atoms with Gasteiger partial charge in [0.1, 0.15) is 11.9 Å². The molecule has 0 bridgehead atoms. The minimum Gasteiger partial charge on any atom is -0.484 e. The number of ether oxygens (including phenoxy) is 1. The molecule has 2 atom stereocenters. The molecule has 182 valence electrons. The first kappa shape index (κ1) is 21.5. The Bertz CT molecular complexity index is 1680. The van der Waals surface area contributed by atoms with Crippen LogP contribution in [0.25, 0.3) is 40.1 Å². The van der Waals surface area contributed by atoms with Crippen LogP contribution in [-0.4, -0.2) is 4.57 Å². The van der Waals surface area contributed by atoms with Gasteiger partial charge in [-0.15, -0.1) is 0 Å². The Morgan fingerprint density at radius 3 is 2.08 bits per heavy atom. The number of hydrogen-bond acceptors (Lipinski definition) is 1. The third-order valence-corrected chi connectivity index (χ3v) is 8.22. The fourth-order valence-corrected chi connectivity index (χ4v) is 6.51. The highest BCUT2D eigenvalue weighted by molar-refractivity contribution is 5.79. The van der Waals surface area contributed by atoms with Crippen LogP contribution >= 0.6 is 0 Å². The quantitative estimate of drug-likeness (QED) is 0.247. The van der Waals surface area contributed by atoms with Gasteiger partial charge in [0.15, 0.2) is 0 Å². The summed E-state index contributed by atoms with van der Waals surface area (Å²) < 4.78 is 9.12. The topological polar surface area (TPSA) is 14.2 Å². The zero-order valence-electron chi connectivity index (χ0n) is 21.0. The predicted octanol–water partition coefficient (Wildman–Crippen LogP) is 9.01. The van der Waals surface area contributed by atoms with Crippen LogP contribution in [0.5, 0.6) is 5.75 Å². The van der Waals surface area contributed by atoms with Gasteiger partial charge in [-0.2, -0.15) is 0 Å².